The Morgan fingerprint density at radius 3 is 2.60 bits per heavy atom. The van der Waals surface area contributed by atoms with Crippen molar-refractivity contribution in [2.45, 2.75) is 19.9 Å². The molecular formula is C10H12N2O3. The molecular weight excluding hydrogens is 196 g/mol. The van der Waals surface area contributed by atoms with Crippen molar-refractivity contribution in [3.05, 3.63) is 11.6 Å². The van der Waals surface area contributed by atoms with Crippen LogP contribution < -0.4 is 5.32 Å². The lowest BCUT2D eigenvalue weighted by Crippen LogP contribution is -2.46. The van der Waals surface area contributed by atoms with Gasteiger partial charge in [-0.05, 0) is 13.8 Å². The number of nitrogens with one attached hydrogen (secondary N) is 1. The van der Waals surface area contributed by atoms with E-state index in [0.29, 0.717) is 12.1 Å². The first-order chi connectivity index (χ1) is 7.06. The summed E-state index contributed by atoms with van der Waals surface area (Å²) in [4.78, 5) is 35.9. The zero-order valence-electron chi connectivity index (χ0n) is 8.61. The van der Waals surface area contributed by atoms with E-state index in [1.807, 2.05) is 0 Å². The fraction of sp³-hybridized carbons (Fsp3) is 0.500. The molecule has 2 rings (SSSR count). The molecule has 5 heteroatoms. The third-order valence-electron chi connectivity index (χ3n) is 2.83. The molecule has 5 nitrogen and oxygen atoms in total. The number of imide groups is 1. The van der Waals surface area contributed by atoms with E-state index >= 15 is 0 Å². The average molecular weight is 208 g/mol. The molecule has 0 aliphatic carbocycles. The van der Waals surface area contributed by atoms with Crippen LogP contribution in [0.4, 0.5) is 0 Å². The highest BCUT2D eigenvalue weighted by molar-refractivity contribution is 6.12. The Kier molecular flexibility index (Phi) is 2.10. The van der Waals surface area contributed by atoms with Crippen LogP contribution in [0.3, 0.4) is 0 Å². The van der Waals surface area contributed by atoms with Crippen molar-refractivity contribution in [3.63, 3.8) is 0 Å². The molecule has 0 aromatic carbocycles. The van der Waals surface area contributed by atoms with Crippen molar-refractivity contribution in [2.75, 3.05) is 6.54 Å². The lowest BCUT2D eigenvalue weighted by molar-refractivity contribution is -0.139. The SMILES string of the molecule is CCN1C(=O)[C@H]2NC(=O)C(C)=C[C@H]2C1=O. The van der Waals surface area contributed by atoms with Crippen LogP contribution in [-0.2, 0) is 14.4 Å². The predicted molar refractivity (Wildman–Crippen MR) is 51.6 cm³/mol. The molecule has 80 valence electrons. The summed E-state index contributed by atoms with van der Waals surface area (Å²) in [6.45, 7) is 3.73. The Balaban J connectivity index is 2.38. The van der Waals surface area contributed by atoms with Crippen LogP contribution in [0.25, 0.3) is 0 Å². The van der Waals surface area contributed by atoms with Crippen LogP contribution in [0.5, 0.6) is 0 Å². The van der Waals surface area contributed by atoms with Gasteiger partial charge in [-0.2, -0.15) is 0 Å². The van der Waals surface area contributed by atoms with Crippen LogP contribution in [0.2, 0.25) is 0 Å². The highest BCUT2D eigenvalue weighted by Gasteiger charge is 2.48. The number of nitrogens with zero attached hydrogens (tertiary/aromatic N) is 1. The quantitative estimate of drug-likeness (QED) is 0.587. The third-order valence-corrected chi connectivity index (χ3v) is 2.83. The minimum Gasteiger partial charge on any atom is -0.339 e. The van der Waals surface area contributed by atoms with Crippen molar-refractivity contribution in [2.24, 2.45) is 5.92 Å². The molecule has 1 saturated heterocycles. The van der Waals surface area contributed by atoms with Crippen molar-refractivity contribution < 1.29 is 14.4 Å². The summed E-state index contributed by atoms with van der Waals surface area (Å²) >= 11 is 0. The summed E-state index contributed by atoms with van der Waals surface area (Å²) in [5, 5.41) is 2.55. The summed E-state index contributed by atoms with van der Waals surface area (Å²) in [5.41, 5.74) is 0.496. The van der Waals surface area contributed by atoms with E-state index in [1.165, 1.54) is 4.90 Å². The molecule has 1 fully saturated rings. The molecule has 0 spiro atoms. The van der Waals surface area contributed by atoms with E-state index < -0.39 is 12.0 Å². The van der Waals surface area contributed by atoms with Gasteiger partial charge < -0.3 is 5.32 Å². The molecule has 0 radical (unpaired) electrons. The van der Waals surface area contributed by atoms with Gasteiger partial charge >= 0.3 is 0 Å². The second-order valence-electron chi connectivity index (χ2n) is 3.75. The van der Waals surface area contributed by atoms with Gasteiger partial charge in [-0.25, -0.2) is 0 Å². The molecule has 0 unspecified atom stereocenters. The van der Waals surface area contributed by atoms with Crippen LogP contribution >= 0.6 is 0 Å². The summed E-state index contributed by atoms with van der Waals surface area (Å²) in [6.07, 6.45) is 1.58. The van der Waals surface area contributed by atoms with Gasteiger partial charge in [0.25, 0.3) is 5.91 Å². The standard InChI is InChI=1S/C10H12N2O3/c1-3-12-9(14)6-4-5(2)8(13)11-7(6)10(12)15/h4,6-7H,3H2,1-2H3,(H,11,13)/t6-,7+/m1/s1. The summed E-state index contributed by atoms with van der Waals surface area (Å²) in [5.74, 6) is -1.29. The molecule has 2 aliphatic heterocycles. The topological polar surface area (TPSA) is 66.5 Å². The van der Waals surface area contributed by atoms with Crippen molar-refractivity contribution in [1.82, 2.24) is 10.2 Å². The van der Waals surface area contributed by atoms with Crippen LogP contribution in [0.1, 0.15) is 13.8 Å². The fourth-order valence-electron chi connectivity index (χ4n) is 1.98. The molecule has 0 aromatic rings. The van der Waals surface area contributed by atoms with Crippen LogP contribution in [0, 0.1) is 5.92 Å². The van der Waals surface area contributed by atoms with Gasteiger partial charge in [0, 0.05) is 12.1 Å². The number of hydrogen-bond acceptors (Lipinski definition) is 3. The molecule has 2 aliphatic rings. The maximum atomic E-state index is 11.7. The van der Waals surface area contributed by atoms with Crippen LogP contribution in [0.15, 0.2) is 11.6 Å². The number of carbonyl (C=O) groups excluding carboxylic acids is 3. The molecule has 0 bridgehead atoms. The molecule has 0 saturated carbocycles. The van der Waals surface area contributed by atoms with Gasteiger partial charge in [-0.15, -0.1) is 0 Å². The maximum Gasteiger partial charge on any atom is 0.252 e. The minimum absolute atomic E-state index is 0.216. The number of likely N-dealkylation sites (N-methyl/N-ethyl adjacent to an activating group) is 1. The summed E-state index contributed by atoms with van der Waals surface area (Å²) < 4.78 is 0. The predicted octanol–water partition coefficient (Wildman–Crippen LogP) is -0.564. The Hall–Kier alpha value is -1.65. The smallest absolute Gasteiger partial charge is 0.252 e. The average Bonchev–Trinajstić information content (AvgIpc) is 2.42. The van der Waals surface area contributed by atoms with Crippen molar-refractivity contribution in [1.29, 1.82) is 0 Å². The number of amides is 3. The van der Waals surface area contributed by atoms with E-state index in [4.69, 9.17) is 0 Å². The largest absolute Gasteiger partial charge is 0.339 e. The van der Waals surface area contributed by atoms with Gasteiger partial charge in [-0.3, -0.25) is 19.3 Å². The molecule has 15 heavy (non-hydrogen) atoms. The van der Waals surface area contributed by atoms with Crippen LogP contribution in [-0.4, -0.2) is 35.2 Å². The first-order valence-corrected chi connectivity index (χ1v) is 4.90. The number of rotatable bonds is 1. The highest BCUT2D eigenvalue weighted by atomic mass is 16.2. The van der Waals surface area contributed by atoms with Gasteiger partial charge in [-0.1, -0.05) is 6.08 Å². The maximum absolute atomic E-state index is 11.7. The van der Waals surface area contributed by atoms with E-state index in [9.17, 15) is 14.4 Å². The van der Waals surface area contributed by atoms with E-state index in [0.717, 1.165) is 0 Å². The minimum atomic E-state index is -0.686. The van der Waals surface area contributed by atoms with E-state index in [2.05, 4.69) is 5.32 Å². The van der Waals surface area contributed by atoms with E-state index in [1.54, 1.807) is 19.9 Å². The first-order valence-electron chi connectivity index (χ1n) is 4.90. The number of fused-ring (bicyclic) bond motifs is 1. The molecule has 2 atom stereocenters. The van der Waals surface area contributed by atoms with Gasteiger partial charge in [0.1, 0.15) is 6.04 Å². The Morgan fingerprint density at radius 2 is 2.00 bits per heavy atom. The van der Waals surface area contributed by atoms with Gasteiger partial charge in [0.15, 0.2) is 0 Å². The van der Waals surface area contributed by atoms with Gasteiger partial charge in [0.2, 0.25) is 11.8 Å². The van der Waals surface area contributed by atoms with Crippen molar-refractivity contribution >= 4 is 17.7 Å². The summed E-state index contributed by atoms with van der Waals surface area (Å²) in [7, 11) is 0. The first kappa shape index (κ1) is 9.89. The Bertz CT molecular complexity index is 386. The second-order valence-corrected chi connectivity index (χ2v) is 3.75. The molecule has 0 aromatic heterocycles. The molecule has 1 N–H and O–H groups in total. The van der Waals surface area contributed by atoms with Gasteiger partial charge in [0.05, 0.1) is 5.92 Å². The van der Waals surface area contributed by atoms with Crippen molar-refractivity contribution in [3.8, 4) is 0 Å². The zero-order chi connectivity index (χ0) is 11.2. The number of carbonyl (C=O) groups is 3. The highest BCUT2D eigenvalue weighted by Crippen LogP contribution is 2.25. The number of hydrogen-bond donors (Lipinski definition) is 1. The Morgan fingerprint density at radius 1 is 1.33 bits per heavy atom. The molecule has 3 amide bonds. The lowest BCUT2D eigenvalue weighted by atomic mass is 9.95. The normalized spacial score (nSPS) is 30.1. The van der Waals surface area contributed by atoms with E-state index in [-0.39, 0.29) is 17.7 Å². The monoisotopic (exact) mass is 208 g/mol. The lowest BCUT2D eigenvalue weighted by Gasteiger charge is -2.19. The number of likely N-dealkylation sites (tertiary alicyclic amines) is 1. The third kappa shape index (κ3) is 1.26. The fourth-order valence-corrected chi connectivity index (χ4v) is 1.98. The Labute approximate surface area is 87.1 Å². The summed E-state index contributed by atoms with van der Waals surface area (Å²) in [6, 6.07) is -0.686. The zero-order valence-corrected chi connectivity index (χ0v) is 8.61. The second kappa shape index (κ2) is 3.18. The molecule has 2 heterocycles.